The predicted octanol–water partition coefficient (Wildman–Crippen LogP) is 5.52. The van der Waals surface area contributed by atoms with Gasteiger partial charge in [0.05, 0.1) is 17.3 Å². The zero-order chi connectivity index (χ0) is 28.0. The summed E-state index contributed by atoms with van der Waals surface area (Å²) >= 11 is 12.6. The van der Waals surface area contributed by atoms with E-state index in [1.54, 1.807) is 41.5 Å². The molecule has 0 aliphatic carbocycles. The summed E-state index contributed by atoms with van der Waals surface area (Å²) in [5.41, 5.74) is 2.20. The number of amides is 1. The van der Waals surface area contributed by atoms with Crippen LogP contribution in [0.1, 0.15) is 31.7 Å². The SMILES string of the molecule is CCCCC(=O)Nc1nccc(-c2ccc(OCC3COC(Cn4cncn4)(c4ccc(Cl)cc4Cl)O3)cc2)n1. The summed E-state index contributed by atoms with van der Waals surface area (Å²) in [4.78, 5) is 24.7. The van der Waals surface area contributed by atoms with Crippen LogP contribution < -0.4 is 10.1 Å². The van der Waals surface area contributed by atoms with Crippen molar-refractivity contribution in [3.63, 3.8) is 0 Å². The van der Waals surface area contributed by atoms with Crippen LogP contribution in [0.25, 0.3) is 11.3 Å². The van der Waals surface area contributed by atoms with E-state index in [1.807, 2.05) is 31.2 Å². The monoisotopic (exact) mass is 582 g/mol. The number of benzene rings is 2. The first kappa shape index (κ1) is 28.0. The third-order valence-electron chi connectivity index (χ3n) is 6.29. The minimum atomic E-state index is -1.18. The second-order valence-corrected chi connectivity index (χ2v) is 10.1. The van der Waals surface area contributed by atoms with Gasteiger partial charge in [0.1, 0.15) is 37.7 Å². The van der Waals surface area contributed by atoms with Crippen LogP contribution in [0.5, 0.6) is 5.75 Å². The van der Waals surface area contributed by atoms with Crippen molar-refractivity contribution < 1.29 is 19.0 Å². The molecule has 3 heterocycles. The fourth-order valence-corrected chi connectivity index (χ4v) is 4.85. The van der Waals surface area contributed by atoms with E-state index in [2.05, 4.69) is 25.4 Å². The van der Waals surface area contributed by atoms with E-state index >= 15 is 0 Å². The van der Waals surface area contributed by atoms with Crippen molar-refractivity contribution >= 4 is 35.1 Å². The normalized spacial score (nSPS) is 18.5. The summed E-state index contributed by atoms with van der Waals surface area (Å²) in [5.74, 6) is -0.325. The van der Waals surface area contributed by atoms with E-state index in [0.29, 0.717) is 40.1 Å². The van der Waals surface area contributed by atoms with Gasteiger partial charge in [-0.1, -0.05) is 42.6 Å². The molecule has 0 saturated carbocycles. The fraction of sp³-hybridized carbons (Fsp3) is 0.321. The molecule has 2 aromatic heterocycles. The van der Waals surface area contributed by atoms with Gasteiger partial charge in [0.2, 0.25) is 17.6 Å². The Balaban J connectivity index is 1.23. The molecule has 2 unspecified atom stereocenters. The van der Waals surface area contributed by atoms with Gasteiger partial charge in [-0.3, -0.25) is 10.1 Å². The van der Waals surface area contributed by atoms with Gasteiger partial charge in [-0.05, 0) is 48.9 Å². The Labute approximate surface area is 241 Å². The maximum Gasteiger partial charge on any atom is 0.229 e. The van der Waals surface area contributed by atoms with Crippen LogP contribution in [0.15, 0.2) is 67.4 Å². The Hall–Kier alpha value is -3.57. The molecule has 0 bridgehead atoms. The maximum atomic E-state index is 12.0. The van der Waals surface area contributed by atoms with Crippen molar-refractivity contribution in [2.75, 3.05) is 18.5 Å². The van der Waals surface area contributed by atoms with Crippen molar-refractivity contribution in [1.29, 1.82) is 0 Å². The highest BCUT2D eigenvalue weighted by Crippen LogP contribution is 2.40. The van der Waals surface area contributed by atoms with Crippen LogP contribution in [-0.2, 0) is 26.6 Å². The number of unbranched alkanes of at least 4 members (excludes halogenated alkanes) is 1. The van der Waals surface area contributed by atoms with Gasteiger partial charge < -0.3 is 14.2 Å². The molecule has 40 heavy (non-hydrogen) atoms. The van der Waals surface area contributed by atoms with Crippen LogP contribution in [0.2, 0.25) is 10.0 Å². The average molecular weight is 583 g/mol. The largest absolute Gasteiger partial charge is 0.491 e. The second kappa shape index (κ2) is 12.7. The molecule has 12 heteroatoms. The van der Waals surface area contributed by atoms with Crippen LogP contribution in [0.4, 0.5) is 5.95 Å². The molecule has 4 aromatic rings. The number of nitrogens with zero attached hydrogens (tertiary/aromatic N) is 5. The van der Waals surface area contributed by atoms with Crippen LogP contribution in [-0.4, -0.2) is 50.0 Å². The molecule has 2 atom stereocenters. The average Bonchev–Trinajstić information content (AvgIpc) is 3.62. The molecule has 10 nitrogen and oxygen atoms in total. The lowest BCUT2D eigenvalue weighted by molar-refractivity contribution is -0.190. The first-order valence-electron chi connectivity index (χ1n) is 12.9. The van der Waals surface area contributed by atoms with Gasteiger partial charge in [-0.15, -0.1) is 0 Å². The molecule has 1 saturated heterocycles. The highest BCUT2D eigenvalue weighted by molar-refractivity contribution is 6.35. The lowest BCUT2D eigenvalue weighted by Gasteiger charge is -2.29. The Bertz CT molecular complexity index is 1440. The molecular weight excluding hydrogens is 555 g/mol. The second-order valence-electron chi connectivity index (χ2n) is 9.27. The lowest BCUT2D eigenvalue weighted by Crippen LogP contribution is -2.35. The Morgan fingerprint density at radius 3 is 2.80 bits per heavy atom. The molecule has 2 aromatic carbocycles. The van der Waals surface area contributed by atoms with Gasteiger partial charge in [-0.2, -0.15) is 5.10 Å². The molecule has 1 fully saturated rings. The van der Waals surface area contributed by atoms with Crippen molar-refractivity contribution in [2.45, 2.75) is 44.6 Å². The summed E-state index contributed by atoms with van der Waals surface area (Å²) in [6.07, 6.45) is 6.51. The van der Waals surface area contributed by atoms with Gasteiger partial charge >= 0.3 is 0 Å². The van der Waals surface area contributed by atoms with Crippen LogP contribution in [0, 0.1) is 0 Å². The standard InChI is InChI=1S/C28H28Cl2N6O4/c1-2-3-4-26(37)35-27-32-12-11-25(34-27)19-5-8-21(9-6-19)38-14-22-15-39-28(40-22,16-36-18-31-17-33-36)23-10-7-20(29)13-24(23)30/h5-13,17-18,22H,2-4,14-16H2,1H3,(H,32,34,35,37). The smallest absolute Gasteiger partial charge is 0.229 e. The number of nitrogens with one attached hydrogen (secondary N) is 1. The first-order chi connectivity index (χ1) is 19.4. The molecule has 0 spiro atoms. The number of halogens is 2. The summed E-state index contributed by atoms with van der Waals surface area (Å²) in [7, 11) is 0. The topological polar surface area (TPSA) is 113 Å². The first-order valence-corrected chi connectivity index (χ1v) is 13.7. The molecule has 5 rings (SSSR count). The van der Waals surface area contributed by atoms with E-state index in [0.717, 1.165) is 18.4 Å². The summed E-state index contributed by atoms with van der Waals surface area (Å²) in [6.45, 7) is 2.84. The van der Waals surface area contributed by atoms with E-state index in [9.17, 15) is 4.79 Å². The maximum absolute atomic E-state index is 12.0. The number of carbonyl (C=O) groups is 1. The summed E-state index contributed by atoms with van der Waals surface area (Å²) < 4.78 is 20.2. The fourth-order valence-electron chi connectivity index (χ4n) is 4.30. The number of rotatable bonds is 11. The van der Waals surface area contributed by atoms with Crippen LogP contribution in [0.3, 0.4) is 0 Å². The third kappa shape index (κ3) is 6.76. The lowest BCUT2D eigenvalue weighted by atomic mass is 10.1. The van der Waals surface area contributed by atoms with E-state index < -0.39 is 5.79 Å². The molecule has 208 valence electrons. The van der Waals surface area contributed by atoms with Gasteiger partial charge in [-0.25, -0.2) is 19.6 Å². The Morgan fingerprint density at radius 2 is 2.05 bits per heavy atom. The van der Waals surface area contributed by atoms with E-state index in [-0.39, 0.29) is 31.1 Å². The van der Waals surface area contributed by atoms with Crippen molar-refractivity contribution in [3.8, 4) is 17.0 Å². The van der Waals surface area contributed by atoms with E-state index in [4.69, 9.17) is 37.4 Å². The zero-order valence-electron chi connectivity index (χ0n) is 21.8. The summed E-state index contributed by atoms with van der Waals surface area (Å²) in [6, 6.07) is 14.5. The van der Waals surface area contributed by atoms with Crippen LogP contribution >= 0.6 is 23.2 Å². The highest BCUT2D eigenvalue weighted by Gasteiger charge is 2.45. The van der Waals surface area contributed by atoms with Crippen molar-refractivity contribution in [3.05, 3.63) is 83.0 Å². The molecule has 1 aliphatic heterocycles. The number of aromatic nitrogens is 5. The third-order valence-corrected chi connectivity index (χ3v) is 6.84. The molecule has 1 N–H and O–H groups in total. The number of ether oxygens (including phenoxy) is 3. The Kier molecular flexibility index (Phi) is 8.91. The number of anilines is 1. The van der Waals surface area contributed by atoms with E-state index in [1.165, 1.54) is 6.33 Å². The van der Waals surface area contributed by atoms with Gasteiger partial charge in [0, 0.05) is 28.8 Å². The minimum Gasteiger partial charge on any atom is -0.491 e. The summed E-state index contributed by atoms with van der Waals surface area (Å²) in [5, 5.41) is 7.89. The minimum absolute atomic E-state index is 0.0931. The molecule has 1 amide bonds. The van der Waals surface area contributed by atoms with Crippen molar-refractivity contribution in [2.24, 2.45) is 0 Å². The molecule has 1 aliphatic rings. The number of carbonyl (C=O) groups excluding carboxylic acids is 1. The predicted molar refractivity (Wildman–Crippen MR) is 150 cm³/mol. The number of hydrogen-bond acceptors (Lipinski definition) is 8. The van der Waals surface area contributed by atoms with Gasteiger partial charge in [0.15, 0.2) is 0 Å². The zero-order valence-corrected chi connectivity index (χ0v) is 23.3. The van der Waals surface area contributed by atoms with Gasteiger partial charge in [0.25, 0.3) is 0 Å². The molecular formula is C28H28Cl2N6O4. The van der Waals surface area contributed by atoms with Crippen molar-refractivity contribution in [1.82, 2.24) is 24.7 Å². The Morgan fingerprint density at radius 1 is 1.20 bits per heavy atom. The highest BCUT2D eigenvalue weighted by atomic mass is 35.5. The quantitative estimate of drug-likeness (QED) is 0.246. The molecule has 0 radical (unpaired) electrons. The number of hydrogen-bond donors (Lipinski definition) is 1.